The fourth-order valence-corrected chi connectivity index (χ4v) is 4.36. The molecule has 1 aliphatic rings. The zero-order chi connectivity index (χ0) is 22.9. The highest BCUT2D eigenvalue weighted by molar-refractivity contribution is 6.42. The molecule has 1 fully saturated rings. The number of halogens is 2. The third kappa shape index (κ3) is 4.49. The van der Waals surface area contributed by atoms with Crippen LogP contribution in [0, 0.1) is 0 Å². The standard InChI is InChI=1S/C25H21Cl2N3O3/c26-19-13-21-22(14-20(19)27)29-24(28-21)15-6-7-18(23(31)12-15)25(32)30-10-8-17(9-11-30)33-16-4-2-1-3-5-16/h1-7,12-14,17,31H,8-11H2,(H,28,29). The number of benzene rings is 3. The number of fused-ring (bicyclic) bond motifs is 1. The van der Waals surface area contributed by atoms with E-state index >= 15 is 0 Å². The van der Waals surface area contributed by atoms with Crippen LogP contribution >= 0.6 is 23.2 Å². The number of aromatic amines is 1. The van der Waals surface area contributed by atoms with Crippen molar-refractivity contribution in [2.45, 2.75) is 18.9 Å². The fourth-order valence-electron chi connectivity index (χ4n) is 4.04. The van der Waals surface area contributed by atoms with Gasteiger partial charge in [0, 0.05) is 31.5 Å². The molecule has 8 heteroatoms. The molecule has 0 radical (unpaired) electrons. The number of phenols is 1. The van der Waals surface area contributed by atoms with E-state index in [1.807, 2.05) is 30.3 Å². The first kappa shape index (κ1) is 21.6. The summed E-state index contributed by atoms with van der Waals surface area (Å²) >= 11 is 12.1. The van der Waals surface area contributed by atoms with E-state index in [4.69, 9.17) is 27.9 Å². The number of hydrogen-bond acceptors (Lipinski definition) is 4. The van der Waals surface area contributed by atoms with Crippen LogP contribution in [0.25, 0.3) is 22.4 Å². The number of amides is 1. The third-order valence-electron chi connectivity index (χ3n) is 5.80. The zero-order valence-electron chi connectivity index (χ0n) is 17.6. The van der Waals surface area contributed by atoms with Crippen LogP contribution in [-0.4, -0.2) is 45.1 Å². The number of nitrogens with one attached hydrogen (secondary N) is 1. The molecule has 0 atom stereocenters. The molecular weight excluding hydrogens is 461 g/mol. The number of H-pyrrole nitrogens is 1. The molecule has 0 aliphatic carbocycles. The first-order valence-corrected chi connectivity index (χ1v) is 11.4. The molecule has 0 saturated carbocycles. The number of para-hydroxylation sites is 1. The highest BCUT2D eigenvalue weighted by Crippen LogP contribution is 2.31. The number of hydrogen-bond donors (Lipinski definition) is 2. The van der Waals surface area contributed by atoms with Gasteiger partial charge in [-0.3, -0.25) is 4.79 Å². The minimum absolute atomic E-state index is 0.0718. The number of carbonyl (C=O) groups excluding carboxylic acids is 1. The number of aromatic hydroxyl groups is 1. The molecule has 0 unspecified atom stereocenters. The van der Waals surface area contributed by atoms with Gasteiger partial charge in [-0.1, -0.05) is 47.5 Å². The summed E-state index contributed by atoms with van der Waals surface area (Å²) in [5, 5.41) is 11.5. The Hall–Kier alpha value is -3.22. The van der Waals surface area contributed by atoms with Crippen LogP contribution in [-0.2, 0) is 0 Å². The lowest BCUT2D eigenvalue weighted by molar-refractivity contribution is 0.0593. The van der Waals surface area contributed by atoms with Gasteiger partial charge >= 0.3 is 0 Å². The number of carbonyl (C=O) groups is 1. The number of rotatable bonds is 4. The topological polar surface area (TPSA) is 78.5 Å². The van der Waals surface area contributed by atoms with Gasteiger partial charge in [-0.05, 0) is 36.4 Å². The van der Waals surface area contributed by atoms with Crippen molar-refractivity contribution in [1.82, 2.24) is 14.9 Å². The van der Waals surface area contributed by atoms with E-state index in [0.717, 1.165) is 24.1 Å². The summed E-state index contributed by atoms with van der Waals surface area (Å²) < 4.78 is 6.00. The number of phenolic OH excluding ortho intramolecular Hbond substituents is 1. The van der Waals surface area contributed by atoms with Crippen molar-refractivity contribution in [3.8, 4) is 22.9 Å². The molecule has 33 heavy (non-hydrogen) atoms. The minimum Gasteiger partial charge on any atom is -0.507 e. The number of likely N-dealkylation sites (tertiary alicyclic amines) is 1. The van der Waals surface area contributed by atoms with E-state index in [0.29, 0.717) is 40.0 Å². The lowest BCUT2D eigenvalue weighted by Crippen LogP contribution is -2.41. The normalized spacial score (nSPS) is 14.5. The van der Waals surface area contributed by atoms with Crippen molar-refractivity contribution in [3.05, 3.63) is 76.3 Å². The minimum atomic E-state index is -0.194. The largest absolute Gasteiger partial charge is 0.507 e. The van der Waals surface area contributed by atoms with Crippen molar-refractivity contribution in [2.24, 2.45) is 0 Å². The highest BCUT2D eigenvalue weighted by Gasteiger charge is 2.26. The summed E-state index contributed by atoms with van der Waals surface area (Å²) in [5.41, 5.74) is 2.32. The molecule has 5 rings (SSSR count). The van der Waals surface area contributed by atoms with Crippen LogP contribution in [0.1, 0.15) is 23.2 Å². The van der Waals surface area contributed by atoms with Crippen LogP contribution < -0.4 is 4.74 Å². The summed E-state index contributed by atoms with van der Waals surface area (Å²) in [4.78, 5) is 22.5. The van der Waals surface area contributed by atoms with Gasteiger partial charge in [0.2, 0.25) is 0 Å². The van der Waals surface area contributed by atoms with Gasteiger partial charge in [0.15, 0.2) is 0 Å². The first-order valence-electron chi connectivity index (χ1n) is 10.7. The van der Waals surface area contributed by atoms with Gasteiger partial charge in [0.25, 0.3) is 5.91 Å². The summed E-state index contributed by atoms with van der Waals surface area (Å²) in [5.74, 6) is 1.11. The van der Waals surface area contributed by atoms with Crippen LogP contribution in [0.4, 0.5) is 0 Å². The molecule has 0 spiro atoms. The molecule has 1 aromatic heterocycles. The van der Waals surface area contributed by atoms with Crippen molar-refractivity contribution in [2.75, 3.05) is 13.1 Å². The molecule has 2 N–H and O–H groups in total. The Morgan fingerprint density at radius 2 is 1.76 bits per heavy atom. The van der Waals surface area contributed by atoms with E-state index in [9.17, 15) is 9.90 Å². The van der Waals surface area contributed by atoms with Gasteiger partial charge in [0.05, 0.1) is 26.6 Å². The molecule has 4 aromatic rings. The summed E-state index contributed by atoms with van der Waals surface area (Å²) in [6.07, 6.45) is 1.55. The van der Waals surface area contributed by atoms with E-state index in [2.05, 4.69) is 9.97 Å². The average molecular weight is 482 g/mol. The average Bonchev–Trinajstić information content (AvgIpc) is 3.23. The number of nitrogens with zero attached hydrogens (tertiary/aromatic N) is 2. The summed E-state index contributed by atoms with van der Waals surface area (Å²) in [6.45, 7) is 1.14. The smallest absolute Gasteiger partial charge is 0.257 e. The Bertz CT molecular complexity index is 1280. The van der Waals surface area contributed by atoms with E-state index in [-0.39, 0.29) is 23.3 Å². The second-order valence-electron chi connectivity index (χ2n) is 8.02. The van der Waals surface area contributed by atoms with Crippen LogP contribution in [0.5, 0.6) is 11.5 Å². The van der Waals surface area contributed by atoms with Gasteiger partial charge in [-0.25, -0.2) is 4.98 Å². The zero-order valence-corrected chi connectivity index (χ0v) is 19.1. The summed E-state index contributed by atoms with van der Waals surface area (Å²) in [7, 11) is 0. The number of piperidine rings is 1. The first-order chi connectivity index (χ1) is 16.0. The predicted octanol–water partition coefficient (Wildman–Crippen LogP) is 5.93. The quantitative estimate of drug-likeness (QED) is 0.378. The maximum Gasteiger partial charge on any atom is 0.257 e. The van der Waals surface area contributed by atoms with Gasteiger partial charge in [-0.15, -0.1) is 0 Å². The molecule has 1 saturated heterocycles. The van der Waals surface area contributed by atoms with Crippen molar-refractivity contribution in [1.29, 1.82) is 0 Å². The predicted molar refractivity (Wildman–Crippen MR) is 129 cm³/mol. The van der Waals surface area contributed by atoms with Gasteiger partial charge in [0.1, 0.15) is 23.4 Å². The third-order valence-corrected chi connectivity index (χ3v) is 6.52. The Labute approximate surface area is 200 Å². The monoisotopic (exact) mass is 481 g/mol. The lowest BCUT2D eigenvalue weighted by atomic mass is 10.0. The Morgan fingerprint density at radius 1 is 1.03 bits per heavy atom. The number of aromatic nitrogens is 2. The van der Waals surface area contributed by atoms with E-state index in [1.54, 1.807) is 35.2 Å². The Morgan fingerprint density at radius 3 is 2.48 bits per heavy atom. The molecule has 3 aromatic carbocycles. The summed E-state index contributed by atoms with van der Waals surface area (Å²) in [6, 6.07) is 18.0. The van der Waals surface area contributed by atoms with Crippen LogP contribution in [0.15, 0.2) is 60.7 Å². The van der Waals surface area contributed by atoms with E-state index in [1.165, 1.54) is 0 Å². The molecule has 0 bridgehead atoms. The Kier molecular flexibility index (Phi) is 5.87. The van der Waals surface area contributed by atoms with Crippen molar-refractivity contribution in [3.63, 3.8) is 0 Å². The molecule has 6 nitrogen and oxygen atoms in total. The second kappa shape index (κ2) is 8.96. The van der Waals surface area contributed by atoms with Crippen molar-refractivity contribution < 1.29 is 14.6 Å². The molecular formula is C25H21Cl2N3O3. The van der Waals surface area contributed by atoms with Gasteiger partial charge in [-0.2, -0.15) is 0 Å². The highest BCUT2D eigenvalue weighted by atomic mass is 35.5. The second-order valence-corrected chi connectivity index (χ2v) is 8.84. The van der Waals surface area contributed by atoms with Crippen LogP contribution in [0.2, 0.25) is 10.0 Å². The molecule has 168 valence electrons. The van der Waals surface area contributed by atoms with Crippen LogP contribution in [0.3, 0.4) is 0 Å². The van der Waals surface area contributed by atoms with Crippen molar-refractivity contribution >= 4 is 40.1 Å². The maximum absolute atomic E-state index is 13.0. The SMILES string of the molecule is O=C(c1ccc(-c2nc3cc(Cl)c(Cl)cc3[nH]2)cc1O)N1CCC(Oc2ccccc2)CC1. The molecule has 1 aliphatic heterocycles. The fraction of sp³-hybridized carbons (Fsp3) is 0.200. The maximum atomic E-state index is 13.0. The number of imidazole rings is 1. The molecule has 1 amide bonds. The van der Waals surface area contributed by atoms with E-state index < -0.39 is 0 Å². The number of ether oxygens (including phenoxy) is 1. The molecule has 2 heterocycles. The van der Waals surface area contributed by atoms with Gasteiger partial charge < -0.3 is 19.7 Å². The lowest BCUT2D eigenvalue weighted by Gasteiger charge is -2.32. The Balaban J connectivity index is 1.28.